The molecule has 0 spiro atoms. The number of benzene rings is 3. The number of hydrogen-bond donors (Lipinski definition) is 0. The Bertz CT molecular complexity index is 726. The first kappa shape index (κ1) is 18.5. The summed E-state index contributed by atoms with van der Waals surface area (Å²) in [6, 6.07) is 30.6. The normalized spacial score (nSPS) is 10.8. The summed E-state index contributed by atoms with van der Waals surface area (Å²) in [5.41, 5.74) is 5.56. The van der Waals surface area contributed by atoms with Crippen LogP contribution in [0.25, 0.3) is 11.1 Å². The summed E-state index contributed by atoms with van der Waals surface area (Å²) in [5, 5.41) is 0. The van der Waals surface area contributed by atoms with Crippen molar-refractivity contribution in [2.24, 2.45) is 0 Å². The smallest absolute Gasteiger partial charge is 0.0184 e. The molecule has 3 aromatic rings. The first-order chi connectivity index (χ1) is 12.9. The molecule has 0 aliphatic rings. The van der Waals surface area contributed by atoms with E-state index >= 15 is 0 Å². The molecular formula is C26H30. The van der Waals surface area contributed by atoms with Gasteiger partial charge in [-0.15, -0.1) is 0 Å². The van der Waals surface area contributed by atoms with E-state index in [9.17, 15) is 0 Å². The van der Waals surface area contributed by atoms with Crippen LogP contribution in [-0.2, 0) is 12.8 Å². The topological polar surface area (TPSA) is 0 Å². The van der Waals surface area contributed by atoms with Crippen LogP contribution in [0.4, 0.5) is 0 Å². The van der Waals surface area contributed by atoms with Crippen LogP contribution in [0.2, 0.25) is 0 Å². The Labute approximate surface area is 158 Å². The fraction of sp³-hybridized carbons (Fsp3) is 0.308. The van der Waals surface area contributed by atoms with Gasteiger partial charge in [-0.2, -0.15) is 0 Å². The van der Waals surface area contributed by atoms with E-state index < -0.39 is 0 Å². The Kier molecular flexibility index (Phi) is 7.53. The second kappa shape index (κ2) is 10.6. The molecule has 0 aliphatic carbocycles. The molecule has 0 bridgehead atoms. The first-order valence-electron chi connectivity index (χ1n) is 10.1. The third-order valence-electron chi connectivity index (χ3n) is 5.08. The molecule has 0 heterocycles. The molecule has 0 N–H and O–H groups in total. The number of unbranched alkanes of at least 4 members (excludes halogenated alkanes) is 5. The van der Waals surface area contributed by atoms with Gasteiger partial charge in [-0.25, -0.2) is 0 Å². The van der Waals surface area contributed by atoms with E-state index in [0.29, 0.717) is 0 Å². The molecule has 0 aliphatic heterocycles. The average Bonchev–Trinajstić information content (AvgIpc) is 2.72. The van der Waals surface area contributed by atoms with Crippen molar-refractivity contribution in [1.29, 1.82) is 0 Å². The summed E-state index contributed by atoms with van der Waals surface area (Å²) in [6.45, 7) is 0. The first-order valence-corrected chi connectivity index (χ1v) is 10.1. The largest absolute Gasteiger partial charge is 0.0622 e. The van der Waals surface area contributed by atoms with Crippen LogP contribution in [-0.4, -0.2) is 0 Å². The van der Waals surface area contributed by atoms with E-state index in [4.69, 9.17) is 0 Å². The Hall–Kier alpha value is -2.34. The highest BCUT2D eigenvalue weighted by Gasteiger charge is 1.98. The molecule has 0 nitrogen and oxygen atoms in total. The SMILES string of the molecule is c1ccc(CCCCCCCCc2ccc(-c3ccccc3)cc2)cc1. The molecule has 0 unspecified atom stereocenters. The van der Waals surface area contributed by atoms with E-state index in [1.54, 1.807) is 0 Å². The van der Waals surface area contributed by atoms with Gasteiger partial charge < -0.3 is 0 Å². The third kappa shape index (κ3) is 6.19. The molecule has 3 aromatic carbocycles. The monoisotopic (exact) mass is 342 g/mol. The van der Waals surface area contributed by atoms with E-state index in [1.807, 2.05) is 0 Å². The molecule has 3 rings (SSSR count). The van der Waals surface area contributed by atoms with Gasteiger partial charge in [0.15, 0.2) is 0 Å². The van der Waals surface area contributed by atoms with Gasteiger partial charge in [0.2, 0.25) is 0 Å². The second-order valence-corrected chi connectivity index (χ2v) is 7.17. The van der Waals surface area contributed by atoms with Crippen molar-refractivity contribution in [2.45, 2.75) is 51.4 Å². The van der Waals surface area contributed by atoms with Crippen molar-refractivity contribution in [3.8, 4) is 11.1 Å². The van der Waals surface area contributed by atoms with Crippen LogP contribution < -0.4 is 0 Å². The van der Waals surface area contributed by atoms with E-state index in [1.165, 1.54) is 73.6 Å². The van der Waals surface area contributed by atoms with E-state index in [2.05, 4.69) is 84.9 Å². The lowest BCUT2D eigenvalue weighted by atomic mass is 10.0. The standard InChI is InChI=1S/C26H30/c1(3-7-13-23-14-9-5-10-15-23)2-4-8-16-24-19-21-26(22-20-24)25-17-11-6-12-18-25/h5-6,9-12,14-15,17-22H,1-4,7-8,13,16H2. The summed E-state index contributed by atoms with van der Waals surface area (Å²) >= 11 is 0. The fourth-order valence-corrected chi connectivity index (χ4v) is 3.50. The lowest BCUT2D eigenvalue weighted by molar-refractivity contribution is 0.594. The highest BCUT2D eigenvalue weighted by Crippen LogP contribution is 2.20. The van der Waals surface area contributed by atoms with Gasteiger partial charge in [0.25, 0.3) is 0 Å². The summed E-state index contributed by atoms with van der Waals surface area (Å²) in [7, 11) is 0. The molecule has 0 saturated heterocycles. The molecule has 0 heteroatoms. The Balaban J connectivity index is 1.27. The van der Waals surface area contributed by atoms with E-state index in [-0.39, 0.29) is 0 Å². The minimum absolute atomic E-state index is 1.21. The van der Waals surface area contributed by atoms with Crippen molar-refractivity contribution < 1.29 is 0 Å². The lowest BCUT2D eigenvalue weighted by Gasteiger charge is -2.05. The summed E-state index contributed by atoms with van der Waals surface area (Å²) in [5.74, 6) is 0. The maximum atomic E-state index is 2.29. The zero-order valence-corrected chi connectivity index (χ0v) is 15.7. The molecule has 0 radical (unpaired) electrons. The quantitative estimate of drug-likeness (QED) is 0.335. The summed E-state index contributed by atoms with van der Waals surface area (Å²) in [6.07, 6.45) is 10.5. The van der Waals surface area contributed by atoms with Crippen LogP contribution in [0.3, 0.4) is 0 Å². The summed E-state index contributed by atoms with van der Waals surface area (Å²) < 4.78 is 0. The van der Waals surface area contributed by atoms with Gasteiger partial charge in [0, 0.05) is 0 Å². The average molecular weight is 343 g/mol. The van der Waals surface area contributed by atoms with Crippen molar-refractivity contribution >= 4 is 0 Å². The minimum Gasteiger partial charge on any atom is -0.0622 e. The lowest BCUT2D eigenvalue weighted by Crippen LogP contribution is -1.88. The van der Waals surface area contributed by atoms with Crippen LogP contribution in [0.1, 0.15) is 49.7 Å². The number of aryl methyl sites for hydroxylation is 2. The van der Waals surface area contributed by atoms with Crippen molar-refractivity contribution in [3.63, 3.8) is 0 Å². The minimum atomic E-state index is 1.21. The van der Waals surface area contributed by atoms with Gasteiger partial charge in [-0.05, 0) is 47.9 Å². The second-order valence-electron chi connectivity index (χ2n) is 7.17. The van der Waals surface area contributed by atoms with Gasteiger partial charge >= 0.3 is 0 Å². The zero-order chi connectivity index (χ0) is 17.9. The van der Waals surface area contributed by atoms with Gasteiger partial charge in [0.05, 0.1) is 0 Å². The Morgan fingerprint density at radius 3 is 1.35 bits per heavy atom. The maximum Gasteiger partial charge on any atom is -0.0184 e. The number of rotatable bonds is 10. The fourth-order valence-electron chi connectivity index (χ4n) is 3.50. The molecule has 0 saturated carbocycles. The highest BCUT2D eigenvalue weighted by molar-refractivity contribution is 5.63. The van der Waals surface area contributed by atoms with Crippen molar-refractivity contribution in [2.75, 3.05) is 0 Å². The van der Waals surface area contributed by atoms with Crippen LogP contribution in [0, 0.1) is 0 Å². The Morgan fingerprint density at radius 1 is 0.346 bits per heavy atom. The van der Waals surface area contributed by atoms with Crippen molar-refractivity contribution in [1.82, 2.24) is 0 Å². The molecular weight excluding hydrogens is 312 g/mol. The van der Waals surface area contributed by atoms with Crippen LogP contribution >= 0.6 is 0 Å². The molecule has 0 aromatic heterocycles. The molecule has 0 fully saturated rings. The van der Waals surface area contributed by atoms with Gasteiger partial charge in [-0.1, -0.05) is 111 Å². The Morgan fingerprint density at radius 2 is 0.769 bits per heavy atom. The van der Waals surface area contributed by atoms with Crippen LogP contribution in [0.5, 0.6) is 0 Å². The molecule has 134 valence electrons. The summed E-state index contributed by atoms with van der Waals surface area (Å²) in [4.78, 5) is 0. The third-order valence-corrected chi connectivity index (χ3v) is 5.08. The number of hydrogen-bond acceptors (Lipinski definition) is 0. The van der Waals surface area contributed by atoms with Gasteiger partial charge in [0.1, 0.15) is 0 Å². The molecule has 26 heavy (non-hydrogen) atoms. The van der Waals surface area contributed by atoms with Crippen LogP contribution in [0.15, 0.2) is 84.9 Å². The molecule has 0 amide bonds. The van der Waals surface area contributed by atoms with E-state index in [0.717, 1.165) is 0 Å². The predicted molar refractivity (Wildman–Crippen MR) is 113 cm³/mol. The molecule has 0 atom stereocenters. The predicted octanol–water partition coefficient (Wildman–Crippen LogP) is 7.48. The highest BCUT2D eigenvalue weighted by atomic mass is 14.0. The van der Waals surface area contributed by atoms with Crippen molar-refractivity contribution in [3.05, 3.63) is 96.1 Å². The van der Waals surface area contributed by atoms with Gasteiger partial charge in [-0.3, -0.25) is 0 Å². The zero-order valence-electron chi connectivity index (χ0n) is 15.7. The maximum absolute atomic E-state index is 2.29.